The highest BCUT2D eigenvalue weighted by Crippen LogP contribution is 2.30. The van der Waals surface area contributed by atoms with Crippen LogP contribution in [0.3, 0.4) is 0 Å². The highest BCUT2D eigenvalue weighted by molar-refractivity contribution is 7.93. The number of likely N-dealkylation sites (N-methyl/N-ethyl adjacent to an activating group) is 1. The van der Waals surface area contributed by atoms with Gasteiger partial charge in [-0.3, -0.25) is 4.72 Å². The number of nitrogens with zero attached hydrogens (tertiary/aromatic N) is 2. The summed E-state index contributed by atoms with van der Waals surface area (Å²) >= 11 is 7.55. The molecule has 2 aromatic rings. The van der Waals surface area contributed by atoms with E-state index >= 15 is 0 Å². The summed E-state index contributed by atoms with van der Waals surface area (Å²) < 4.78 is 58.9. The van der Waals surface area contributed by atoms with Crippen molar-refractivity contribution in [3.63, 3.8) is 0 Å². The molecule has 1 aromatic carbocycles. The first-order valence-corrected chi connectivity index (χ1v) is 11.1. The lowest BCUT2D eigenvalue weighted by Gasteiger charge is -2.27. The van der Waals surface area contributed by atoms with Crippen molar-refractivity contribution in [3.05, 3.63) is 34.8 Å². The zero-order chi connectivity index (χ0) is 22.5. The molecule has 166 valence electrons. The fourth-order valence-corrected chi connectivity index (χ4v) is 4.75. The molecule has 0 bridgehead atoms. The second-order valence-electron chi connectivity index (χ2n) is 6.12. The van der Waals surface area contributed by atoms with Gasteiger partial charge in [0.15, 0.2) is 5.13 Å². The van der Waals surface area contributed by atoms with E-state index in [-0.39, 0.29) is 4.90 Å². The second kappa shape index (κ2) is 9.81. The first-order valence-electron chi connectivity index (χ1n) is 8.37. The zero-order valence-corrected chi connectivity index (χ0v) is 17.9. The van der Waals surface area contributed by atoms with E-state index in [9.17, 15) is 21.6 Å². The van der Waals surface area contributed by atoms with E-state index in [4.69, 9.17) is 21.5 Å². The normalized spacial score (nSPS) is 16.5. The summed E-state index contributed by atoms with van der Waals surface area (Å²) in [5.41, 5.74) is 0.827. The Kier molecular flexibility index (Phi) is 7.91. The largest absolute Gasteiger partial charge is 0.490 e. The van der Waals surface area contributed by atoms with Crippen molar-refractivity contribution >= 4 is 49.7 Å². The summed E-state index contributed by atoms with van der Waals surface area (Å²) in [4.78, 5) is 15.0. The molecule has 0 amide bonds. The molecule has 1 aliphatic rings. The molecule has 0 spiro atoms. The maximum absolute atomic E-state index is 12.4. The van der Waals surface area contributed by atoms with Crippen molar-refractivity contribution in [1.82, 2.24) is 10.3 Å². The molecule has 0 unspecified atom stereocenters. The van der Waals surface area contributed by atoms with Crippen LogP contribution in [0.15, 0.2) is 34.7 Å². The van der Waals surface area contributed by atoms with Crippen molar-refractivity contribution in [2.75, 3.05) is 29.8 Å². The lowest BCUT2D eigenvalue weighted by Crippen LogP contribution is -2.33. The van der Waals surface area contributed by atoms with Gasteiger partial charge in [0, 0.05) is 31.2 Å². The first-order chi connectivity index (χ1) is 13.9. The Hall–Kier alpha value is -2.09. The van der Waals surface area contributed by atoms with Gasteiger partial charge in [-0.25, -0.2) is 18.2 Å². The average Bonchev–Trinajstić information content (AvgIpc) is 3.34. The topological polar surface area (TPSA) is 112 Å². The van der Waals surface area contributed by atoms with Crippen LogP contribution < -0.4 is 14.9 Å². The standard InChI is InChI=1S/C14H17ClN4O2S2.C2HF3O2/c1-19(10-4-5-16-9-10)13-3-2-11(8-12(13)15)23(20,21)18-14-17-6-7-22-14;3-2(4,5)1(6)7/h2-3,6-8,10,16H,4-5,9H2,1H3,(H,17,18);(H,6,7)/t10-;/m0./s1. The molecule has 1 fully saturated rings. The number of halogens is 4. The van der Waals surface area contributed by atoms with E-state index in [1.807, 2.05) is 7.05 Å². The number of hydrogen-bond donors (Lipinski definition) is 3. The molecule has 8 nitrogen and oxygen atoms in total. The van der Waals surface area contributed by atoms with Gasteiger partial charge in [0.05, 0.1) is 15.6 Å². The first kappa shape index (κ1) is 24.2. The molecule has 3 N–H and O–H groups in total. The van der Waals surface area contributed by atoms with Crippen LogP contribution in [0.2, 0.25) is 5.02 Å². The Morgan fingerprint density at radius 2 is 2.10 bits per heavy atom. The van der Waals surface area contributed by atoms with Gasteiger partial charge in [-0.05, 0) is 31.2 Å². The van der Waals surface area contributed by atoms with Gasteiger partial charge >= 0.3 is 12.1 Å². The number of alkyl halides is 3. The van der Waals surface area contributed by atoms with Crippen LogP contribution >= 0.6 is 22.9 Å². The van der Waals surface area contributed by atoms with Crippen LogP contribution in [0, 0.1) is 0 Å². The maximum atomic E-state index is 12.4. The van der Waals surface area contributed by atoms with Gasteiger partial charge < -0.3 is 15.3 Å². The Morgan fingerprint density at radius 1 is 1.43 bits per heavy atom. The van der Waals surface area contributed by atoms with Gasteiger partial charge in [-0.2, -0.15) is 13.2 Å². The quantitative estimate of drug-likeness (QED) is 0.595. The van der Waals surface area contributed by atoms with Crippen molar-refractivity contribution in [2.24, 2.45) is 0 Å². The molecule has 1 aliphatic heterocycles. The lowest BCUT2D eigenvalue weighted by molar-refractivity contribution is -0.192. The number of sulfonamides is 1. The van der Waals surface area contributed by atoms with Crippen LogP contribution in [0.5, 0.6) is 0 Å². The van der Waals surface area contributed by atoms with E-state index in [1.54, 1.807) is 23.7 Å². The van der Waals surface area contributed by atoms with Gasteiger partial charge in [0.1, 0.15) is 0 Å². The monoisotopic (exact) mass is 486 g/mol. The van der Waals surface area contributed by atoms with Crippen molar-refractivity contribution < 1.29 is 31.5 Å². The highest BCUT2D eigenvalue weighted by Gasteiger charge is 2.38. The lowest BCUT2D eigenvalue weighted by atomic mass is 10.2. The SMILES string of the molecule is CN(c1ccc(S(=O)(=O)Nc2nccs2)cc1Cl)[C@H]1CCNC1.O=C(O)C(F)(F)F. The zero-order valence-electron chi connectivity index (χ0n) is 15.5. The molecule has 14 heteroatoms. The minimum atomic E-state index is -5.08. The smallest absolute Gasteiger partial charge is 0.475 e. The predicted octanol–water partition coefficient (Wildman–Crippen LogP) is 3.03. The number of aliphatic carboxylic acids is 1. The van der Waals surface area contributed by atoms with Crippen LogP contribution in [0.1, 0.15) is 6.42 Å². The summed E-state index contributed by atoms with van der Waals surface area (Å²) in [6.07, 6.45) is -2.50. The fourth-order valence-electron chi connectivity index (χ4n) is 2.56. The van der Waals surface area contributed by atoms with Crippen LogP contribution in [-0.4, -0.2) is 56.8 Å². The number of rotatable bonds is 5. The van der Waals surface area contributed by atoms with E-state index in [0.29, 0.717) is 16.2 Å². The number of benzene rings is 1. The minimum Gasteiger partial charge on any atom is -0.475 e. The molecule has 3 rings (SSSR count). The minimum absolute atomic E-state index is 0.124. The molecular formula is C16H18ClF3N4O4S2. The summed E-state index contributed by atoms with van der Waals surface area (Å²) in [5, 5.41) is 12.9. The van der Waals surface area contributed by atoms with E-state index in [2.05, 4.69) is 19.9 Å². The van der Waals surface area contributed by atoms with Crippen LogP contribution in [0.4, 0.5) is 24.0 Å². The van der Waals surface area contributed by atoms with E-state index < -0.39 is 22.2 Å². The number of nitrogens with one attached hydrogen (secondary N) is 2. The number of carbonyl (C=O) groups is 1. The van der Waals surface area contributed by atoms with Crippen molar-refractivity contribution in [1.29, 1.82) is 0 Å². The van der Waals surface area contributed by atoms with Gasteiger partial charge in [-0.1, -0.05) is 11.6 Å². The van der Waals surface area contributed by atoms with Crippen LogP contribution in [-0.2, 0) is 14.8 Å². The number of carboxylic acids is 1. The maximum Gasteiger partial charge on any atom is 0.490 e. The third-order valence-electron chi connectivity index (χ3n) is 4.09. The molecule has 2 heterocycles. The van der Waals surface area contributed by atoms with Crippen molar-refractivity contribution in [3.8, 4) is 0 Å². The van der Waals surface area contributed by atoms with Gasteiger partial charge in [0.25, 0.3) is 10.0 Å². The third-order valence-corrected chi connectivity index (χ3v) is 6.55. The Labute approximate surface area is 179 Å². The molecule has 1 aromatic heterocycles. The van der Waals surface area contributed by atoms with E-state index in [1.165, 1.54) is 17.4 Å². The summed E-state index contributed by atoms with van der Waals surface area (Å²) in [5.74, 6) is -2.76. The molecule has 0 aliphatic carbocycles. The molecule has 0 saturated carbocycles. The molecule has 1 saturated heterocycles. The predicted molar refractivity (Wildman–Crippen MR) is 108 cm³/mol. The highest BCUT2D eigenvalue weighted by atomic mass is 35.5. The van der Waals surface area contributed by atoms with Gasteiger partial charge in [-0.15, -0.1) is 11.3 Å². The summed E-state index contributed by atoms with van der Waals surface area (Å²) in [6, 6.07) is 5.15. The number of anilines is 2. The average molecular weight is 487 g/mol. The number of hydrogen-bond acceptors (Lipinski definition) is 7. The van der Waals surface area contributed by atoms with Gasteiger partial charge in [0.2, 0.25) is 0 Å². The molecule has 0 radical (unpaired) electrons. The molecule has 30 heavy (non-hydrogen) atoms. The number of thiazole rings is 1. The number of carboxylic acid groups (broad SMARTS) is 1. The van der Waals surface area contributed by atoms with Crippen LogP contribution in [0.25, 0.3) is 0 Å². The second-order valence-corrected chi connectivity index (χ2v) is 9.10. The Bertz CT molecular complexity index is 965. The van der Waals surface area contributed by atoms with Crippen molar-refractivity contribution in [2.45, 2.75) is 23.5 Å². The molecule has 1 atom stereocenters. The number of aromatic nitrogens is 1. The fraction of sp³-hybridized carbons (Fsp3) is 0.375. The Balaban J connectivity index is 0.000000396. The van der Waals surface area contributed by atoms with E-state index in [0.717, 1.165) is 25.2 Å². The summed E-state index contributed by atoms with van der Waals surface area (Å²) in [6.45, 7) is 1.88. The third kappa shape index (κ3) is 6.45. The molecular weight excluding hydrogens is 469 g/mol. The Morgan fingerprint density at radius 3 is 2.57 bits per heavy atom. The summed E-state index contributed by atoms with van der Waals surface area (Å²) in [7, 11) is -1.71.